The van der Waals surface area contributed by atoms with Crippen LogP contribution in [0, 0.1) is 11.8 Å². The minimum atomic E-state index is -0.0177. The van der Waals surface area contributed by atoms with Crippen molar-refractivity contribution in [1.29, 1.82) is 0 Å². The van der Waals surface area contributed by atoms with Gasteiger partial charge in [0.1, 0.15) is 5.75 Å². The minimum Gasteiger partial charge on any atom is -0.496 e. The molecule has 0 bridgehead atoms. The van der Waals surface area contributed by atoms with Crippen LogP contribution in [0.1, 0.15) is 50.4 Å². The molecule has 0 saturated carbocycles. The highest BCUT2D eigenvalue weighted by Crippen LogP contribution is 2.31. The van der Waals surface area contributed by atoms with Crippen LogP contribution >= 0.6 is 0 Å². The molecule has 1 amide bonds. The molecule has 1 aromatic heterocycles. The Labute approximate surface area is 174 Å². The summed E-state index contributed by atoms with van der Waals surface area (Å²) < 4.78 is 5.50. The molecule has 5 heteroatoms. The number of hydrogen-bond acceptors (Lipinski definition) is 4. The number of nitrogens with one attached hydrogen (secondary N) is 1. The number of ether oxygens (including phenoxy) is 1. The molecule has 1 aliphatic rings. The fraction of sp³-hybridized carbons (Fsp3) is 0.500. The molecule has 1 fully saturated rings. The number of benzene rings is 1. The fourth-order valence-corrected chi connectivity index (χ4v) is 4.12. The third-order valence-electron chi connectivity index (χ3n) is 5.61. The van der Waals surface area contributed by atoms with Crippen molar-refractivity contribution in [3.8, 4) is 5.75 Å². The summed E-state index contributed by atoms with van der Waals surface area (Å²) in [4.78, 5) is 19.5. The third kappa shape index (κ3) is 6.04. The summed E-state index contributed by atoms with van der Waals surface area (Å²) in [5.74, 6) is 1.81. The standard InChI is InChI=1S/C24H33N3O2/c1-18(2)16-23(28)26-24(21-9-6-7-13-25-21)19-11-14-27(15-12-19)17-20-8-4-5-10-22(20)29-3/h4-10,13,18-19,24H,11-12,14-17H2,1-3H3,(H,26,28)/t24-/m1/s1. The van der Waals surface area contributed by atoms with Gasteiger partial charge in [0.15, 0.2) is 0 Å². The lowest BCUT2D eigenvalue weighted by Gasteiger charge is -2.36. The molecule has 0 aliphatic carbocycles. The van der Waals surface area contributed by atoms with Gasteiger partial charge in [0.2, 0.25) is 5.91 Å². The van der Waals surface area contributed by atoms with Crippen LogP contribution in [0.5, 0.6) is 5.75 Å². The molecule has 156 valence electrons. The van der Waals surface area contributed by atoms with Crippen LogP contribution in [0.4, 0.5) is 0 Å². The summed E-state index contributed by atoms with van der Waals surface area (Å²) in [5.41, 5.74) is 2.19. The first-order chi connectivity index (χ1) is 14.1. The van der Waals surface area contributed by atoms with Gasteiger partial charge in [0, 0.05) is 24.7 Å². The van der Waals surface area contributed by atoms with Gasteiger partial charge in [-0.25, -0.2) is 0 Å². The monoisotopic (exact) mass is 395 g/mol. The van der Waals surface area contributed by atoms with Crippen molar-refractivity contribution in [2.75, 3.05) is 20.2 Å². The number of aromatic nitrogens is 1. The second-order valence-electron chi connectivity index (χ2n) is 8.32. The van der Waals surface area contributed by atoms with E-state index in [4.69, 9.17) is 4.74 Å². The number of nitrogens with zero attached hydrogens (tertiary/aromatic N) is 2. The van der Waals surface area contributed by atoms with Gasteiger partial charge in [-0.3, -0.25) is 14.7 Å². The number of likely N-dealkylation sites (tertiary alicyclic amines) is 1. The first-order valence-electron chi connectivity index (χ1n) is 10.6. The van der Waals surface area contributed by atoms with Crippen LogP contribution in [0.25, 0.3) is 0 Å². The van der Waals surface area contributed by atoms with Gasteiger partial charge in [-0.2, -0.15) is 0 Å². The van der Waals surface area contributed by atoms with Crippen LogP contribution in [-0.2, 0) is 11.3 Å². The molecule has 5 nitrogen and oxygen atoms in total. The number of carbonyl (C=O) groups is 1. The van der Waals surface area contributed by atoms with E-state index in [9.17, 15) is 4.79 Å². The van der Waals surface area contributed by atoms with E-state index >= 15 is 0 Å². The molecule has 2 aromatic rings. The van der Waals surface area contributed by atoms with E-state index in [1.807, 2.05) is 36.5 Å². The topological polar surface area (TPSA) is 54.5 Å². The van der Waals surface area contributed by atoms with E-state index in [0.717, 1.165) is 43.9 Å². The Bertz CT molecular complexity index is 771. The molecule has 2 heterocycles. The number of carbonyl (C=O) groups excluding carboxylic acids is 1. The van der Waals surface area contributed by atoms with Gasteiger partial charge in [-0.05, 0) is 56.0 Å². The van der Waals surface area contributed by atoms with Gasteiger partial charge < -0.3 is 10.1 Å². The van der Waals surface area contributed by atoms with Crippen molar-refractivity contribution in [2.24, 2.45) is 11.8 Å². The molecular formula is C24H33N3O2. The highest BCUT2D eigenvalue weighted by Gasteiger charge is 2.30. The average molecular weight is 396 g/mol. The zero-order valence-electron chi connectivity index (χ0n) is 17.8. The maximum atomic E-state index is 12.5. The second kappa shape index (κ2) is 10.4. The lowest BCUT2D eigenvalue weighted by molar-refractivity contribution is -0.123. The second-order valence-corrected chi connectivity index (χ2v) is 8.32. The zero-order chi connectivity index (χ0) is 20.6. The van der Waals surface area contributed by atoms with Crippen LogP contribution in [0.2, 0.25) is 0 Å². The predicted octanol–water partition coefficient (Wildman–Crippen LogP) is 4.21. The van der Waals surface area contributed by atoms with Gasteiger partial charge in [0.25, 0.3) is 0 Å². The van der Waals surface area contributed by atoms with E-state index in [-0.39, 0.29) is 11.9 Å². The van der Waals surface area contributed by atoms with Crippen LogP contribution in [0.15, 0.2) is 48.7 Å². The maximum absolute atomic E-state index is 12.5. The van der Waals surface area contributed by atoms with Gasteiger partial charge in [-0.15, -0.1) is 0 Å². The summed E-state index contributed by atoms with van der Waals surface area (Å²) >= 11 is 0. The Kier molecular flexibility index (Phi) is 7.64. The van der Waals surface area contributed by atoms with E-state index < -0.39 is 0 Å². The van der Waals surface area contributed by atoms with Crippen LogP contribution in [0.3, 0.4) is 0 Å². The van der Waals surface area contributed by atoms with Crippen molar-refractivity contribution in [2.45, 2.75) is 45.7 Å². The van der Waals surface area contributed by atoms with Crippen molar-refractivity contribution < 1.29 is 9.53 Å². The Morgan fingerprint density at radius 1 is 1.17 bits per heavy atom. The molecule has 0 radical (unpaired) electrons. The maximum Gasteiger partial charge on any atom is 0.220 e. The highest BCUT2D eigenvalue weighted by atomic mass is 16.5. The normalized spacial score (nSPS) is 16.6. The first-order valence-corrected chi connectivity index (χ1v) is 10.6. The number of para-hydroxylation sites is 1. The van der Waals surface area contributed by atoms with Gasteiger partial charge in [0.05, 0.1) is 18.8 Å². The molecule has 1 N–H and O–H groups in total. The Hall–Kier alpha value is -2.40. The van der Waals surface area contributed by atoms with Gasteiger partial charge in [-0.1, -0.05) is 38.1 Å². The smallest absolute Gasteiger partial charge is 0.220 e. The lowest BCUT2D eigenvalue weighted by Crippen LogP contribution is -2.41. The Morgan fingerprint density at radius 3 is 2.55 bits per heavy atom. The number of piperidine rings is 1. The number of rotatable bonds is 8. The summed E-state index contributed by atoms with van der Waals surface area (Å²) in [6, 6.07) is 14.2. The molecule has 29 heavy (non-hydrogen) atoms. The largest absolute Gasteiger partial charge is 0.496 e. The molecule has 0 spiro atoms. The molecular weight excluding hydrogens is 362 g/mol. The van der Waals surface area contributed by atoms with E-state index in [0.29, 0.717) is 18.3 Å². The van der Waals surface area contributed by atoms with E-state index in [2.05, 4.69) is 41.2 Å². The molecule has 1 aromatic carbocycles. The van der Waals surface area contributed by atoms with Gasteiger partial charge >= 0.3 is 0 Å². The van der Waals surface area contributed by atoms with Crippen LogP contribution < -0.4 is 10.1 Å². The fourth-order valence-electron chi connectivity index (χ4n) is 4.12. The Morgan fingerprint density at radius 2 is 1.90 bits per heavy atom. The van der Waals surface area contributed by atoms with Crippen molar-refractivity contribution in [1.82, 2.24) is 15.2 Å². The quantitative estimate of drug-likeness (QED) is 0.728. The van der Waals surface area contributed by atoms with Crippen LogP contribution in [-0.4, -0.2) is 36.0 Å². The van der Waals surface area contributed by atoms with Crippen molar-refractivity contribution in [3.05, 3.63) is 59.9 Å². The minimum absolute atomic E-state index is 0.0177. The SMILES string of the molecule is COc1ccccc1CN1CCC([C@@H](NC(=O)CC(C)C)c2ccccn2)CC1. The molecule has 3 rings (SSSR count). The summed E-state index contributed by atoms with van der Waals surface area (Å²) in [6.07, 6.45) is 4.44. The molecule has 1 aliphatic heterocycles. The number of amides is 1. The van der Waals surface area contributed by atoms with E-state index in [1.165, 1.54) is 5.56 Å². The third-order valence-corrected chi connectivity index (χ3v) is 5.61. The number of pyridine rings is 1. The summed E-state index contributed by atoms with van der Waals surface area (Å²) in [5, 5.41) is 3.28. The van der Waals surface area contributed by atoms with Crippen molar-refractivity contribution >= 4 is 5.91 Å². The summed E-state index contributed by atoms with van der Waals surface area (Å²) in [6.45, 7) is 7.06. The first kappa shape index (κ1) is 21.3. The van der Waals surface area contributed by atoms with Crippen molar-refractivity contribution in [3.63, 3.8) is 0 Å². The Balaban J connectivity index is 1.64. The summed E-state index contributed by atoms with van der Waals surface area (Å²) in [7, 11) is 1.72. The number of methoxy groups -OCH3 is 1. The lowest BCUT2D eigenvalue weighted by atomic mass is 9.87. The predicted molar refractivity (Wildman–Crippen MR) is 116 cm³/mol. The number of hydrogen-bond donors (Lipinski definition) is 1. The molecule has 1 saturated heterocycles. The highest BCUT2D eigenvalue weighted by molar-refractivity contribution is 5.76. The molecule has 1 atom stereocenters. The average Bonchev–Trinajstić information content (AvgIpc) is 2.73. The molecule has 0 unspecified atom stereocenters. The zero-order valence-corrected chi connectivity index (χ0v) is 17.8. The van der Waals surface area contributed by atoms with E-state index in [1.54, 1.807) is 7.11 Å².